The SMILES string of the molecule is Cc1cccc2c(=O)n(CCC(=O)NC3CCCC3CN)cnc12. The topological polar surface area (TPSA) is 90.0 Å². The number of nitrogens with zero attached hydrogens (tertiary/aromatic N) is 2. The van der Waals surface area contributed by atoms with Gasteiger partial charge >= 0.3 is 0 Å². The molecule has 1 aromatic carbocycles. The predicted molar refractivity (Wildman–Crippen MR) is 93.7 cm³/mol. The van der Waals surface area contributed by atoms with Crippen LogP contribution in [0.15, 0.2) is 29.3 Å². The van der Waals surface area contributed by atoms with Gasteiger partial charge in [-0.3, -0.25) is 14.2 Å². The Kier molecular flexibility index (Phi) is 4.94. The summed E-state index contributed by atoms with van der Waals surface area (Å²) in [6.45, 7) is 2.88. The van der Waals surface area contributed by atoms with E-state index in [1.54, 1.807) is 6.07 Å². The van der Waals surface area contributed by atoms with Gasteiger partial charge in [0.2, 0.25) is 5.91 Å². The minimum Gasteiger partial charge on any atom is -0.353 e. The highest BCUT2D eigenvalue weighted by molar-refractivity contribution is 5.80. The first-order valence-electron chi connectivity index (χ1n) is 8.54. The Balaban J connectivity index is 1.66. The van der Waals surface area contributed by atoms with E-state index >= 15 is 0 Å². The molecule has 0 saturated heterocycles. The molecule has 2 unspecified atom stereocenters. The maximum atomic E-state index is 12.5. The highest BCUT2D eigenvalue weighted by atomic mass is 16.2. The number of nitrogens with one attached hydrogen (secondary N) is 1. The second-order valence-corrected chi connectivity index (χ2v) is 6.56. The van der Waals surface area contributed by atoms with E-state index in [0.717, 1.165) is 30.3 Å². The van der Waals surface area contributed by atoms with Crippen molar-refractivity contribution in [3.05, 3.63) is 40.4 Å². The third-order valence-electron chi connectivity index (χ3n) is 4.94. The number of para-hydroxylation sites is 1. The van der Waals surface area contributed by atoms with Crippen LogP contribution >= 0.6 is 0 Å². The lowest BCUT2D eigenvalue weighted by Crippen LogP contribution is -2.40. The average Bonchev–Trinajstić information content (AvgIpc) is 3.02. The Labute approximate surface area is 141 Å². The van der Waals surface area contributed by atoms with Gasteiger partial charge in [0, 0.05) is 19.0 Å². The zero-order chi connectivity index (χ0) is 17.1. The molecule has 24 heavy (non-hydrogen) atoms. The Morgan fingerprint density at radius 1 is 1.42 bits per heavy atom. The lowest BCUT2D eigenvalue weighted by molar-refractivity contribution is -0.122. The molecule has 3 N–H and O–H groups in total. The molecular weight excluding hydrogens is 304 g/mol. The molecule has 1 saturated carbocycles. The first-order chi connectivity index (χ1) is 11.6. The van der Waals surface area contributed by atoms with Crippen LogP contribution in [0.2, 0.25) is 0 Å². The van der Waals surface area contributed by atoms with Gasteiger partial charge in [-0.25, -0.2) is 4.98 Å². The highest BCUT2D eigenvalue weighted by Gasteiger charge is 2.27. The molecule has 1 aliphatic rings. The van der Waals surface area contributed by atoms with E-state index in [0.29, 0.717) is 24.4 Å². The van der Waals surface area contributed by atoms with Crippen LogP contribution in [0, 0.1) is 12.8 Å². The summed E-state index contributed by atoms with van der Waals surface area (Å²) in [5.74, 6) is 0.346. The van der Waals surface area contributed by atoms with E-state index in [4.69, 9.17) is 5.73 Å². The summed E-state index contributed by atoms with van der Waals surface area (Å²) in [4.78, 5) is 29.0. The monoisotopic (exact) mass is 328 g/mol. The molecule has 0 spiro atoms. The molecule has 0 bridgehead atoms. The summed E-state index contributed by atoms with van der Waals surface area (Å²) in [5, 5.41) is 3.66. The van der Waals surface area contributed by atoms with Crippen LogP contribution in [-0.4, -0.2) is 28.0 Å². The number of hydrogen-bond donors (Lipinski definition) is 2. The summed E-state index contributed by atoms with van der Waals surface area (Å²) in [7, 11) is 0. The number of fused-ring (bicyclic) bond motifs is 1. The first-order valence-corrected chi connectivity index (χ1v) is 8.54. The third-order valence-corrected chi connectivity index (χ3v) is 4.94. The first kappa shape index (κ1) is 16.6. The quantitative estimate of drug-likeness (QED) is 0.866. The number of nitrogens with two attached hydrogens (primary N) is 1. The number of amides is 1. The van der Waals surface area contributed by atoms with Gasteiger partial charge in [0.1, 0.15) is 0 Å². The molecule has 1 heterocycles. The van der Waals surface area contributed by atoms with Gasteiger partial charge in [-0.05, 0) is 43.9 Å². The highest BCUT2D eigenvalue weighted by Crippen LogP contribution is 2.24. The number of carbonyl (C=O) groups excluding carboxylic acids is 1. The molecule has 0 radical (unpaired) electrons. The van der Waals surface area contributed by atoms with Crippen molar-refractivity contribution >= 4 is 16.8 Å². The molecular formula is C18H24N4O2. The van der Waals surface area contributed by atoms with Crippen LogP contribution in [0.5, 0.6) is 0 Å². The summed E-state index contributed by atoms with van der Waals surface area (Å²) in [5.41, 5.74) is 7.34. The predicted octanol–water partition coefficient (Wildman–Crippen LogP) is 1.34. The number of rotatable bonds is 5. The van der Waals surface area contributed by atoms with E-state index in [1.165, 1.54) is 10.9 Å². The number of aryl methyl sites for hydroxylation is 2. The maximum Gasteiger partial charge on any atom is 0.261 e. The van der Waals surface area contributed by atoms with Gasteiger partial charge in [0.25, 0.3) is 5.56 Å². The largest absolute Gasteiger partial charge is 0.353 e. The van der Waals surface area contributed by atoms with Crippen molar-refractivity contribution in [3.63, 3.8) is 0 Å². The molecule has 6 nitrogen and oxygen atoms in total. The van der Waals surface area contributed by atoms with Crippen molar-refractivity contribution in [1.29, 1.82) is 0 Å². The summed E-state index contributed by atoms with van der Waals surface area (Å²) in [6, 6.07) is 5.74. The van der Waals surface area contributed by atoms with E-state index in [1.807, 2.05) is 19.1 Å². The summed E-state index contributed by atoms with van der Waals surface area (Å²) in [6.07, 6.45) is 4.98. The fourth-order valence-electron chi connectivity index (χ4n) is 3.51. The molecule has 1 amide bonds. The Morgan fingerprint density at radius 3 is 3.04 bits per heavy atom. The number of hydrogen-bond acceptors (Lipinski definition) is 4. The van der Waals surface area contributed by atoms with Crippen molar-refractivity contribution in [3.8, 4) is 0 Å². The van der Waals surface area contributed by atoms with Gasteiger partial charge in [0.05, 0.1) is 17.2 Å². The van der Waals surface area contributed by atoms with Gasteiger partial charge in [-0.1, -0.05) is 18.6 Å². The van der Waals surface area contributed by atoms with Crippen LogP contribution in [0.1, 0.15) is 31.2 Å². The molecule has 1 aliphatic carbocycles. The molecule has 2 atom stereocenters. The Morgan fingerprint density at radius 2 is 2.25 bits per heavy atom. The van der Waals surface area contributed by atoms with Crippen molar-refractivity contribution in [2.24, 2.45) is 11.7 Å². The molecule has 0 aliphatic heterocycles. The molecule has 2 aromatic rings. The lowest BCUT2D eigenvalue weighted by atomic mass is 10.0. The van der Waals surface area contributed by atoms with Crippen LogP contribution in [0.3, 0.4) is 0 Å². The van der Waals surface area contributed by atoms with Crippen molar-refractivity contribution in [2.45, 2.75) is 45.2 Å². The number of carbonyl (C=O) groups is 1. The van der Waals surface area contributed by atoms with Gasteiger partial charge < -0.3 is 11.1 Å². The Bertz CT molecular complexity index is 799. The fourth-order valence-corrected chi connectivity index (χ4v) is 3.51. The molecule has 1 aromatic heterocycles. The molecule has 128 valence electrons. The second kappa shape index (κ2) is 7.13. The van der Waals surface area contributed by atoms with Crippen LogP contribution in [-0.2, 0) is 11.3 Å². The van der Waals surface area contributed by atoms with E-state index in [2.05, 4.69) is 10.3 Å². The minimum atomic E-state index is -0.0998. The van der Waals surface area contributed by atoms with Crippen molar-refractivity contribution in [1.82, 2.24) is 14.9 Å². The third kappa shape index (κ3) is 3.33. The van der Waals surface area contributed by atoms with E-state index < -0.39 is 0 Å². The van der Waals surface area contributed by atoms with Gasteiger partial charge in [0.15, 0.2) is 0 Å². The maximum absolute atomic E-state index is 12.5. The molecule has 6 heteroatoms. The number of benzene rings is 1. The van der Waals surface area contributed by atoms with E-state index in [9.17, 15) is 9.59 Å². The van der Waals surface area contributed by atoms with Crippen molar-refractivity contribution in [2.75, 3.05) is 6.54 Å². The van der Waals surface area contributed by atoms with Crippen molar-refractivity contribution < 1.29 is 4.79 Å². The standard InChI is InChI=1S/C18H24N4O2/c1-12-4-2-6-14-17(12)20-11-22(18(14)24)9-8-16(23)21-15-7-3-5-13(15)10-19/h2,4,6,11,13,15H,3,5,7-10,19H2,1H3,(H,21,23). The minimum absolute atomic E-state index is 0.0309. The Hall–Kier alpha value is -2.21. The normalized spacial score (nSPS) is 20.4. The van der Waals surface area contributed by atoms with Gasteiger partial charge in [-0.2, -0.15) is 0 Å². The second-order valence-electron chi connectivity index (χ2n) is 6.56. The number of aromatic nitrogens is 2. The van der Waals surface area contributed by atoms with Crippen LogP contribution < -0.4 is 16.6 Å². The zero-order valence-electron chi connectivity index (χ0n) is 14.0. The smallest absolute Gasteiger partial charge is 0.261 e. The molecule has 1 fully saturated rings. The summed E-state index contributed by atoms with van der Waals surface area (Å²) >= 11 is 0. The zero-order valence-corrected chi connectivity index (χ0v) is 14.0. The van der Waals surface area contributed by atoms with Crippen LogP contribution in [0.25, 0.3) is 10.9 Å². The lowest BCUT2D eigenvalue weighted by Gasteiger charge is -2.19. The van der Waals surface area contributed by atoms with E-state index in [-0.39, 0.29) is 23.9 Å². The van der Waals surface area contributed by atoms with Gasteiger partial charge in [-0.15, -0.1) is 0 Å². The fraction of sp³-hybridized carbons (Fsp3) is 0.500. The summed E-state index contributed by atoms with van der Waals surface area (Å²) < 4.78 is 1.51. The van der Waals surface area contributed by atoms with Crippen LogP contribution in [0.4, 0.5) is 0 Å². The molecule has 3 rings (SSSR count). The average molecular weight is 328 g/mol.